The number of phenols is 1. The zero-order chi connectivity index (χ0) is 16.0. The number of Topliss-reactive ketones (excluding diaryl/α,β-unsaturated/α-hetero) is 1. The number of carbonyl (C=O) groups excluding carboxylic acids is 1. The molecule has 118 valence electrons. The predicted octanol–water partition coefficient (Wildman–Crippen LogP) is 5.13. The number of thioether (sulfide) groups is 1. The highest BCUT2D eigenvalue weighted by atomic mass is 32.2. The van der Waals surface area contributed by atoms with E-state index in [2.05, 4.69) is 33.4 Å². The Kier molecular flexibility index (Phi) is 7.67. The first-order chi connectivity index (χ1) is 9.90. The van der Waals surface area contributed by atoms with E-state index in [0.717, 1.165) is 36.1 Å². The summed E-state index contributed by atoms with van der Waals surface area (Å²) in [6.45, 7) is 7.86. The maximum absolute atomic E-state index is 11.6. The predicted molar refractivity (Wildman–Crippen MR) is 95.1 cm³/mol. The minimum atomic E-state index is -0.0857. The molecule has 0 bridgehead atoms. The van der Waals surface area contributed by atoms with Crippen molar-refractivity contribution in [3.8, 4) is 5.75 Å². The van der Waals surface area contributed by atoms with Crippen LogP contribution in [0.15, 0.2) is 17.0 Å². The normalized spacial score (nSPS) is 14.0. The zero-order valence-electron chi connectivity index (χ0n) is 13.3. The summed E-state index contributed by atoms with van der Waals surface area (Å²) in [5.41, 5.74) is 1.35. The number of thiol groups is 1. The van der Waals surface area contributed by atoms with Crippen molar-refractivity contribution in [3.05, 3.63) is 23.3 Å². The van der Waals surface area contributed by atoms with Gasteiger partial charge >= 0.3 is 0 Å². The molecule has 0 amide bonds. The molecule has 0 heterocycles. The van der Waals surface area contributed by atoms with Crippen LogP contribution in [0.3, 0.4) is 0 Å². The zero-order valence-corrected chi connectivity index (χ0v) is 15.1. The molecule has 0 aliphatic rings. The van der Waals surface area contributed by atoms with Crippen LogP contribution in [0.1, 0.15) is 62.9 Å². The summed E-state index contributed by atoms with van der Waals surface area (Å²) in [6, 6.07) is 3.73. The quantitative estimate of drug-likeness (QED) is 0.395. The van der Waals surface area contributed by atoms with Gasteiger partial charge in [0.15, 0.2) is 5.78 Å². The molecule has 2 nitrogen and oxygen atoms in total. The molecule has 2 unspecified atom stereocenters. The van der Waals surface area contributed by atoms with E-state index >= 15 is 0 Å². The topological polar surface area (TPSA) is 37.3 Å². The van der Waals surface area contributed by atoms with E-state index in [4.69, 9.17) is 0 Å². The lowest BCUT2D eigenvalue weighted by Gasteiger charge is -2.19. The van der Waals surface area contributed by atoms with Crippen LogP contribution in [0, 0.1) is 0 Å². The first-order valence-electron chi connectivity index (χ1n) is 7.61. The van der Waals surface area contributed by atoms with Crippen molar-refractivity contribution in [3.63, 3.8) is 0 Å². The van der Waals surface area contributed by atoms with Crippen molar-refractivity contribution < 1.29 is 9.90 Å². The summed E-state index contributed by atoms with van der Waals surface area (Å²) in [4.78, 5) is 12.7. The second-order valence-electron chi connectivity index (χ2n) is 5.48. The lowest BCUT2D eigenvalue weighted by Crippen LogP contribution is -2.08. The minimum Gasteiger partial charge on any atom is -0.507 e. The van der Waals surface area contributed by atoms with E-state index in [0.29, 0.717) is 16.1 Å². The third-order valence-corrected chi connectivity index (χ3v) is 5.18. The molecular weight excluding hydrogens is 300 g/mol. The molecule has 0 spiro atoms. The van der Waals surface area contributed by atoms with Crippen LogP contribution >= 0.6 is 24.4 Å². The van der Waals surface area contributed by atoms with Crippen LogP contribution in [0.4, 0.5) is 0 Å². The van der Waals surface area contributed by atoms with Crippen molar-refractivity contribution in [1.29, 1.82) is 0 Å². The van der Waals surface area contributed by atoms with Gasteiger partial charge in [0, 0.05) is 15.7 Å². The fourth-order valence-electron chi connectivity index (χ4n) is 2.36. The summed E-state index contributed by atoms with van der Waals surface area (Å²) >= 11 is 6.28. The molecule has 1 N–H and O–H groups in total. The molecule has 0 radical (unpaired) electrons. The molecule has 1 rings (SSSR count). The molecular formula is C17H26O2S2. The minimum absolute atomic E-state index is 0.0857. The van der Waals surface area contributed by atoms with Crippen molar-refractivity contribution >= 4 is 30.2 Å². The summed E-state index contributed by atoms with van der Waals surface area (Å²) in [6.07, 6.45) is 3.84. The highest BCUT2D eigenvalue weighted by Crippen LogP contribution is 2.38. The van der Waals surface area contributed by atoms with Crippen molar-refractivity contribution in [2.45, 2.75) is 68.8 Å². The van der Waals surface area contributed by atoms with Gasteiger partial charge in [-0.2, -0.15) is 12.6 Å². The van der Waals surface area contributed by atoms with E-state index in [-0.39, 0.29) is 11.5 Å². The summed E-state index contributed by atoms with van der Waals surface area (Å²) in [7, 11) is 0. The molecule has 4 heteroatoms. The molecule has 1 aromatic rings. The smallest absolute Gasteiger partial charge is 0.163 e. The Morgan fingerprint density at radius 3 is 2.52 bits per heavy atom. The number of aromatic hydroxyl groups is 1. The largest absolute Gasteiger partial charge is 0.507 e. The van der Waals surface area contributed by atoms with E-state index in [9.17, 15) is 9.90 Å². The average Bonchev–Trinajstić information content (AvgIpc) is 2.41. The molecule has 0 saturated heterocycles. The van der Waals surface area contributed by atoms with E-state index < -0.39 is 0 Å². The Hall–Kier alpha value is -0.610. The number of phenolic OH excluding ortho intramolecular Hbond substituents is 1. The van der Waals surface area contributed by atoms with Crippen LogP contribution in [0.25, 0.3) is 0 Å². The lowest BCUT2D eigenvalue weighted by atomic mass is 10.0. The van der Waals surface area contributed by atoms with E-state index in [1.165, 1.54) is 6.92 Å². The first kappa shape index (κ1) is 18.4. The monoisotopic (exact) mass is 326 g/mol. The molecule has 0 saturated carbocycles. The third-order valence-electron chi connectivity index (χ3n) is 3.47. The van der Waals surface area contributed by atoms with E-state index in [1.807, 2.05) is 6.07 Å². The molecule has 2 atom stereocenters. The number of hydrogen-bond donors (Lipinski definition) is 2. The third kappa shape index (κ3) is 5.26. The summed E-state index contributed by atoms with van der Waals surface area (Å²) < 4.78 is 0. The van der Waals surface area contributed by atoms with Crippen molar-refractivity contribution in [1.82, 2.24) is 0 Å². The van der Waals surface area contributed by atoms with Crippen molar-refractivity contribution in [2.75, 3.05) is 0 Å². The fraction of sp³-hybridized carbons (Fsp3) is 0.588. The van der Waals surface area contributed by atoms with Crippen LogP contribution < -0.4 is 0 Å². The Morgan fingerprint density at radius 1 is 1.38 bits per heavy atom. The molecule has 1 aromatic carbocycles. The van der Waals surface area contributed by atoms with Gasteiger partial charge in [0.2, 0.25) is 0 Å². The Morgan fingerprint density at radius 2 is 2.05 bits per heavy atom. The van der Waals surface area contributed by atoms with Gasteiger partial charge in [-0.25, -0.2) is 0 Å². The second kappa shape index (κ2) is 8.74. The number of rotatable bonds is 8. The van der Waals surface area contributed by atoms with E-state index in [1.54, 1.807) is 17.8 Å². The van der Waals surface area contributed by atoms with Gasteiger partial charge in [-0.05, 0) is 43.6 Å². The maximum atomic E-state index is 11.6. The Balaban J connectivity index is 3.10. The van der Waals surface area contributed by atoms with Gasteiger partial charge in [0.05, 0.1) is 5.56 Å². The summed E-state index contributed by atoms with van der Waals surface area (Å²) in [5, 5.41) is 11.2. The lowest BCUT2D eigenvalue weighted by molar-refractivity contribution is 0.101. The Bertz CT molecular complexity index is 484. The molecule has 0 aliphatic heterocycles. The van der Waals surface area contributed by atoms with Crippen LogP contribution in [-0.2, 0) is 6.42 Å². The SMILES string of the molecule is CCCc1c(SC(CC)CC(C)S)ccc(C(C)=O)c1O. The second-order valence-corrected chi connectivity index (χ2v) is 7.70. The Labute approximate surface area is 138 Å². The summed E-state index contributed by atoms with van der Waals surface area (Å²) in [5.74, 6) is 0.0838. The number of carbonyl (C=O) groups is 1. The molecule has 0 aliphatic carbocycles. The highest BCUT2D eigenvalue weighted by Gasteiger charge is 2.18. The molecule has 0 aromatic heterocycles. The molecule has 0 fully saturated rings. The van der Waals surface area contributed by atoms with Crippen LogP contribution in [0.2, 0.25) is 0 Å². The van der Waals surface area contributed by atoms with Gasteiger partial charge in [-0.15, -0.1) is 11.8 Å². The number of benzene rings is 1. The standard InChI is InChI=1S/C17H26O2S2/c1-5-7-15-16(21-13(6-2)10-11(3)20)9-8-14(12(4)18)17(15)19/h8-9,11,13,19-20H,5-7,10H2,1-4H3. The fourth-order valence-corrected chi connectivity index (χ4v) is 4.16. The van der Waals surface area contributed by atoms with Crippen molar-refractivity contribution in [2.24, 2.45) is 0 Å². The first-order valence-corrected chi connectivity index (χ1v) is 9.00. The van der Waals surface area contributed by atoms with Crippen LogP contribution in [0.5, 0.6) is 5.75 Å². The highest BCUT2D eigenvalue weighted by molar-refractivity contribution is 8.00. The van der Waals surface area contributed by atoms with Gasteiger partial charge in [-0.3, -0.25) is 4.79 Å². The van der Waals surface area contributed by atoms with Gasteiger partial charge in [0.1, 0.15) is 5.75 Å². The van der Waals surface area contributed by atoms with Crippen LogP contribution in [-0.4, -0.2) is 21.4 Å². The average molecular weight is 327 g/mol. The maximum Gasteiger partial charge on any atom is 0.163 e. The number of ketones is 1. The van der Waals surface area contributed by atoms with Gasteiger partial charge < -0.3 is 5.11 Å². The number of hydrogen-bond acceptors (Lipinski definition) is 4. The van der Waals surface area contributed by atoms with Gasteiger partial charge in [0.25, 0.3) is 0 Å². The van der Waals surface area contributed by atoms with Gasteiger partial charge in [-0.1, -0.05) is 27.2 Å². The molecule has 21 heavy (non-hydrogen) atoms.